The molecule has 168 valence electrons. The number of aliphatic imine (C=N–C) groups is 1. The van der Waals surface area contributed by atoms with Crippen molar-refractivity contribution in [3.8, 4) is 0 Å². The fourth-order valence-corrected chi connectivity index (χ4v) is 3.94. The summed E-state index contributed by atoms with van der Waals surface area (Å²) < 4.78 is 7.81. The van der Waals surface area contributed by atoms with Gasteiger partial charge in [-0.25, -0.2) is 0 Å². The first-order valence-electron chi connectivity index (χ1n) is 10.9. The van der Waals surface area contributed by atoms with Gasteiger partial charge in [0.25, 0.3) is 0 Å². The molecule has 0 aromatic carbocycles. The minimum Gasteiger partial charge on any atom is -0.468 e. The summed E-state index contributed by atoms with van der Waals surface area (Å²) in [5, 5.41) is 11.5. The van der Waals surface area contributed by atoms with Gasteiger partial charge >= 0.3 is 0 Å². The first kappa shape index (κ1) is 24.7. The van der Waals surface area contributed by atoms with Gasteiger partial charge in [-0.2, -0.15) is 5.10 Å². The number of aromatic nitrogens is 2. The first-order valence-corrected chi connectivity index (χ1v) is 10.9. The number of nitrogens with one attached hydrogen (secondary N) is 2. The Kier molecular flexibility index (Phi) is 10.2. The van der Waals surface area contributed by atoms with E-state index in [9.17, 15) is 0 Å². The molecule has 8 heteroatoms. The lowest BCUT2D eigenvalue weighted by Gasteiger charge is -2.26. The van der Waals surface area contributed by atoms with Gasteiger partial charge in [-0.05, 0) is 70.8 Å². The minimum absolute atomic E-state index is 0. The number of furan rings is 1. The van der Waals surface area contributed by atoms with E-state index in [0.29, 0.717) is 5.92 Å². The van der Waals surface area contributed by atoms with E-state index in [2.05, 4.69) is 58.2 Å². The van der Waals surface area contributed by atoms with Crippen LogP contribution in [0.2, 0.25) is 0 Å². The van der Waals surface area contributed by atoms with Crippen molar-refractivity contribution in [2.24, 2.45) is 10.9 Å². The zero-order valence-electron chi connectivity index (χ0n) is 18.7. The van der Waals surface area contributed by atoms with Crippen molar-refractivity contribution in [2.75, 3.05) is 32.7 Å². The third-order valence-electron chi connectivity index (χ3n) is 5.41. The van der Waals surface area contributed by atoms with Crippen LogP contribution in [-0.2, 0) is 6.54 Å². The second-order valence-electron chi connectivity index (χ2n) is 8.09. The van der Waals surface area contributed by atoms with Gasteiger partial charge < -0.3 is 15.1 Å². The fraction of sp³-hybridized carbons (Fsp3) is 0.636. The van der Waals surface area contributed by atoms with Crippen molar-refractivity contribution < 1.29 is 4.42 Å². The molecule has 2 atom stereocenters. The summed E-state index contributed by atoms with van der Waals surface area (Å²) in [6.07, 6.45) is 4.28. The van der Waals surface area contributed by atoms with Gasteiger partial charge in [0.1, 0.15) is 5.76 Å². The SMILES string of the molecule is CCNC(=NCC(C)Cn1nc(C)cc1C)NCC(c1ccco1)N1CCCC1.I. The van der Waals surface area contributed by atoms with Crippen LogP contribution in [0.25, 0.3) is 0 Å². The zero-order chi connectivity index (χ0) is 20.6. The van der Waals surface area contributed by atoms with E-state index < -0.39 is 0 Å². The number of likely N-dealkylation sites (tertiary alicyclic amines) is 1. The minimum atomic E-state index is 0. The van der Waals surface area contributed by atoms with E-state index in [4.69, 9.17) is 9.41 Å². The second kappa shape index (κ2) is 12.3. The Morgan fingerprint density at radius 1 is 1.27 bits per heavy atom. The molecule has 0 bridgehead atoms. The molecule has 0 aliphatic carbocycles. The molecule has 2 aromatic rings. The van der Waals surface area contributed by atoms with Gasteiger partial charge in [0.05, 0.1) is 18.0 Å². The molecule has 1 aliphatic rings. The Bertz CT molecular complexity index is 767. The topological polar surface area (TPSA) is 70.6 Å². The second-order valence-corrected chi connectivity index (χ2v) is 8.09. The van der Waals surface area contributed by atoms with Gasteiger partial charge in [-0.15, -0.1) is 24.0 Å². The molecule has 1 saturated heterocycles. The number of halogens is 1. The number of hydrogen-bond acceptors (Lipinski definition) is 4. The van der Waals surface area contributed by atoms with Crippen LogP contribution in [-0.4, -0.2) is 53.4 Å². The molecule has 3 rings (SSSR count). The molecule has 0 saturated carbocycles. The van der Waals surface area contributed by atoms with Crippen LogP contribution in [0.3, 0.4) is 0 Å². The Morgan fingerprint density at radius 3 is 2.63 bits per heavy atom. The van der Waals surface area contributed by atoms with E-state index in [1.165, 1.54) is 18.5 Å². The number of guanidine groups is 1. The maximum absolute atomic E-state index is 5.73. The summed E-state index contributed by atoms with van der Waals surface area (Å²) in [4.78, 5) is 7.33. The molecule has 0 radical (unpaired) electrons. The Labute approximate surface area is 197 Å². The average Bonchev–Trinajstić information content (AvgIpc) is 3.44. The summed E-state index contributed by atoms with van der Waals surface area (Å²) in [7, 11) is 0. The summed E-state index contributed by atoms with van der Waals surface area (Å²) in [5.41, 5.74) is 2.27. The van der Waals surface area contributed by atoms with Crippen molar-refractivity contribution in [2.45, 2.75) is 53.1 Å². The molecule has 1 aliphatic heterocycles. The Balaban J connectivity index is 0.00000320. The van der Waals surface area contributed by atoms with E-state index in [-0.39, 0.29) is 30.0 Å². The van der Waals surface area contributed by atoms with Crippen LogP contribution >= 0.6 is 24.0 Å². The Hall–Kier alpha value is -1.55. The van der Waals surface area contributed by atoms with Gasteiger partial charge in [0.2, 0.25) is 0 Å². The highest BCUT2D eigenvalue weighted by Crippen LogP contribution is 2.24. The molecule has 2 N–H and O–H groups in total. The lowest BCUT2D eigenvalue weighted by Crippen LogP contribution is -2.42. The van der Waals surface area contributed by atoms with E-state index >= 15 is 0 Å². The molecule has 7 nitrogen and oxygen atoms in total. The average molecular weight is 528 g/mol. The van der Waals surface area contributed by atoms with E-state index in [1.54, 1.807) is 6.26 Å². The molecular weight excluding hydrogens is 491 g/mol. The normalized spacial score (nSPS) is 16.9. The van der Waals surface area contributed by atoms with Crippen LogP contribution in [0.4, 0.5) is 0 Å². The van der Waals surface area contributed by atoms with Gasteiger partial charge in [-0.1, -0.05) is 6.92 Å². The third kappa shape index (κ3) is 7.01. The summed E-state index contributed by atoms with van der Waals surface area (Å²) in [6, 6.07) is 6.40. The lowest BCUT2D eigenvalue weighted by molar-refractivity contribution is 0.215. The van der Waals surface area contributed by atoms with Gasteiger partial charge in [0, 0.05) is 31.9 Å². The molecule has 1 fully saturated rings. The van der Waals surface area contributed by atoms with Crippen molar-refractivity contribution in [3.05, 3.63) is 41.6 Å². The maximum Gasteiger partial charge on any atom is 0.191 e. The maximum atomic E-state index is 5.73. The highest BCUT2D eigenvalue weighted by Gasteiger charge is 2.25. The van der Waals surface area contributed by atoms with Crippen LogP contribution in [0.1, 0.15) is 49.9 Å². The Morgan fingerprint density at radius 2 is 2.03 bits per heavy atom. The molecule has 2 unspecified atom stereocenters. The fourth-order valence-electron chi connectivity index (χ4n) is 3.94. The first-order chi connectivity index (χ1) is 14.1. The predicted molar refractivity (Wildman–Crippen MR) is 133 cm³/mol. The van der Waals surface area contributed by atoms with Crippen LogP contribution in [0.5, 0.6) is 0 Å². The molecule has 30 heavy (non-hydrogen) atoms. The molecule has 0 amide bonds. The standard InChI is InChI=1S/C22H36N6O.HI/c1-5-23-22(24-14-17(2)16-28-19(4)13-18(3)26-28)25-15-20(21-9-8-12-29-21)27-10-6-7-11-27;/h8-9,12-13,17,20H,5-7,10-11,14-16H2,1-4H3,(H2,23,24,25);1H. The van der Waals surface area contributed by atoms with Gasteiger partial charge in [-0.3, -0.25) is 14.6 Å². The monoisotopic (exact) mass is 528 g/mol. The summed E-state index contributed by atoms with van der Waals surface area (Å²) >= 11 is 0. The van der Waals surface area contributed by atoms with Crippen molar-refractivity contribution in [3.63, 3.8) is 0 Å². The lowest BCUT2D eigenvalue weighted by atomic mass is 10.2. The number of hydrogen-bond donors (Lipinski definition) is 2. The van der Waals surface area contributed by atoms with Crippen LogP contribution in [0.15, 0.2) is 33.9 Å². The smallest absolute Gasteiger partial charge is 0.191 e. The van der Waals surface area contributed by atoms with Crippen molar-refractivity contribution >= 4 is 29.9 Å². The number of nitrogens with zero attached hydrogens (tertiary/aromatic N) is 4. The molecular formula is C22H37IN6O. The summed E-state index contributed by atoms with van der Waals surface area (Å²) in [5.74, 6) is 2.29. The van der Waals surface area contributed by atoms with Crippen molar-refractivity contribution in [1.82, 2.24) is 25.3 Å². The molecule has 2 aromatic heterocycles. The highest BCUT2D eigenvalue weighted by atomic mass is 127. The summed E-state index contributed by atoms with van der Waals surface area (Å²) in [6.45, 7) is 14.0. The number of rotatable bonds is 9. The molecule has 3 heterocycles. The van der Waals surface area contributed by atoms with Crippen molar-refractivity contribution in [1.29, 1.82) is 0 Å². The largest absolute Gasteiger partial charge is 0.468 e. The quantitative estimate of drug-likeness (QED) is 0.295. The van der Waals surface area contributed by atoms with Crippen LogP contribution < -0.4 is 10.6 Å². The zero-order valence-corrected chi connectivity index (χ0v) is 21.1. The predicted octanol–water partition coefficient (Wildman–Crippen LogP) is 3.74. The highest BCUT2D eigenvalue weighted by molar-refractivity contribution is 14.0. The molecule has 0 spiro atoms. The van der Waals surface area contributed by atoms with Crippen LogP contribution in [0, 0.1) is 19.8 Å². The van der Waals surface area contributed by atoms with E-state index in [0.717, 1.165) is 56.7 Å². The van der Waals surface area contributed by atoms with E-state index in [1.807, 2.05) is 13.0 Å². The van der Waals surface area contributed by atoms with Gasteiger partial charge in [0.15, 0.2) is 5.96 Å². The third-order valence-corrected chi connectivity index (χ3v) is 5.41. The number of aryl methyl sites for hydroxylation is 2.